The van der Waals surface area contributed by atoms with E-state index in [0.717, 1.165) is 32.5 Å². The fourth-order valence-electron chi connectivity index (χ4n) is 3.71. The second-order valence-corrected chi connectivity index (χ2v) is 5.54. The quantitative estimate of drug-likeness (QED) is 0.653. The molecule has 0 aromatic heterocycles. The molecule has 3 aliphatic heterocycles. The van der Waals surface area contributed by atoms with Gasteiger partial charge in [-0.2, -0.15) is 0 Å². The van der Waals surface area contributed by atoms with E-state index in [1.807, 2.05) is 0 Å². The first kappa shape index (κ1) is 9.79. The van der Waals surface area contributed by atoms with Gasteiger partial charge in [-0.15, -0.1) is 0 Å². The predicted molar refractivity (Wildman–Crippen MR) is 56.7 cm³/mol. The van der Waals surface area contributed by atoms with Gasteiger partial charge in [-0.25, -0.2) is 0 Å². The van der Waals surface area contributed by atoms with E-state index in [4.69, 9.17) is 4.74 Å². The van der Waals surface area contributed by atoms with Crippen LogP contribution in [0.15, 0.2) is 0 Å². The summed E-state index contributed by atoms with van der Waals surface area (Å²) in [6.07, 6.45) is 5.13. The molecular weight excluding hydrogens is 190 g/mol. The second-order valence-electron chi connectivity index (χ2n) is 5.54. The van der Waals surface area contributed by atoms with E-state index in [0.29, 0.717) is 17.9 Å². The molecule has 3 atom stereocenters. The highest BCUT2D eigenvalue weighted by molar-refractivity contribution is 5.81. The van der Waals surface area contributed by atoms with Gasteiger partial charge in [0.25, 0.3) is 0 Å². The molecule has 0 radical (unpaired) electrons. The van der Waals surface area contributed by atoms with Gasteiger partial charge in [-0.3, -0.25) is 9.69 Å². The van der Waals surface area contributed by atoms with Gasteiger partial charge in [0.15, 0.2) is 0 Å². The molecule has 0 saturated carbocycles. The minimum absolute atomic E-state index is 0.215. The number of hydrogen-bond donors (Lipinski definition) is 0. The van der Waals surface area contributed by atoms with Crippen molar-refractivity contribution in [2.75, 3.05) is 13.2 Å². The molecule has 3 fully saturated rings. The van der Waals surface area contributed by atoms with Crippen LogP contribution < -0.4 is 0 Å². The van der Waals surface area contributed by atoms with Crippen molar-refractivity contribution in [3.05, 3.63) is 0 Å². The molecule has 15 heavy (non-hydrogen) atoms. The Kier molecular flexibility index (Phi) is 2.15. The maximum atomic E-state index is 11.5. The molecule has 0 aromatic carbocycles. The highest BCUT2D eigenvalue weighted by atomic mass is 16.5. The van der Waals surface area contributed by atoms with E-state index in [2.05, 4.69) is 11.8 Å². The van der Waals surface area contributed by atoms with Gasteiger partial charge in [0.05, 0.1) is 6.61 Å². The number of carbonyl (C=O) groups is 1. The predicted octanol–water partition coefficient (Wildman–Crippen LogP) is 1.36. The summed E-state index contributed by atoms with van der Waals surface area (Å²) < 4.78 is 5.54. The van der Waals surface area contributed by atoms with Crippen LogP contribution in [0.1, 0.15) is 39.0 Å². The summed E-state index contributed by atoms with van der Waals surface area (Å²) in [5.41, 5.74) is 0.215. The molecule has 3 rings (SSSR count). The number of piperidine rings is 1. The van der Waals surface area contributed by atoms with Crippen LogP contribution in [-0.4, -0.2) is 41.5 Å². The zero-order valence-electron chi connectivity index (χ0n) is 9.37. The summed E-state index contributed by atoms with van der Waals surface area (Å²) in [5, 5.41) is 0. The largest absolute Gasteiger partial charge is 0.379 e. The van der Waals surface area contributed by atoms with Crippen molar-refractivity contribution in [2.45, 2.75) is 56.7 Å². The molecule has 0 amide bonds. The summed E-state index contributed by atoms with van der Waals surface area (Å²) in [7, 11) is 0. The molecule has 0 aromatic rings. The van der Waals surface area contributed by atoms with Crippen molar-refractivity contribution in [3.63, 3.8) is 0 Å². The van der Waals surface area contributed by atoms with E-state index in [9.17, 15) is 4.79 Å². The molecule has 3 saturated heterocycles. The van der Waals surface area contributed by atoms with Crippen LogP contribution in [0, 0.1) is 0 Å². The van der Waals surface area contributed by atoms with Gasteiger partial charge in [-0.1, -0.05) is 0 Å². The highest BCUT2D eigenvalue weighted by Gasteiger charge is 2.49. The summed E-state index contributed by atoms with van der Waals surface area (Å²) >= 11 is 0. The van der Waals surface area contributed by atoms with Gasteiger partial charge >= 0.3 is 0 Å². The Morgan fingerprint density at radius 1 is 1.33 bits per heavy atom. The smallest absolute Gasteiger partial charge is 0.136 e. The average molecular weight is 209 g/mol. The minimum atomic E-state index is 0.215. The van der Waals surface area contributed by atoms with Crippen LogP contribution in [0.25, 0.3) is 0 Å². The lowest BCUT2D eigenvalue weighted by atomic mass is 9.91. The van der Waals surface area contributed by atoms with Crippen molar-refractivity contribution in [2.24, 2.45) is 0 Å². The number of ether oxygens (including phenoxy) is 1. The lowest BCUT2D eigenvalue weighted by Gasteiger charge is -2.44. The molecule has 3 nitrogen and oxygen atoms in total. The lowest BCUT2D eigenvalue weighted by molar-refractivity contribution is -0.126. The molecular formula is C12H19NO2. The molecule has 3 heteroatoms. The molecule has 2 bridgehead atoms. The van der Waals surface area contributed by atoms with Crippen molar-refractivity contribution >= 4 is 5.78 Å². The first-order valence-corrected chi connectivity index (χ1v) is 6.07. The van der Waals surface area contributed by atoms with E-state index in [1.54, 1.807) is 0 Å². The van der Waals surface area contributed by atoms with Gasteiger partial charge in [0, 0.05) is 37.1 Å². The molecule has 3 unspecified atom stereocenters. The van der Waals surface area contributed by atoms with Gasteiger partial charge in [-0.05, 0) is 26.2 Å². The highest BCUT2D eigenvalue weighted by Crippen LogP contribution is 2.42. The molecule has 3 heterocycles. The molecule has 84 valence electrons. The van der Waals surface area contributed by atoms with E-state index in [-0.39, 0.29) is 5.54 Å². The number of carbonyl (C=O) groups excluding carboxylic acids is 1. The maximum absolute atomic E-state index is 11.5. The van der Waals surface area contributed by atoms with E-state index < -0.39 is 0 Å². The summed E-state index contributed by atoms with van der Waals surface area (Å²) in [4.78, 5) is 14.1. The fourth-order valence-corrected chi connectivity index (χ4v) is 3.71. The Hall–Kier alpha value is -0.410. The Bertz CT molecular complexity index is 267. The minimum Gasteiger partial charge on any atom is -0.379 e. The Labute approximate surface area is 90.8 Å². The first-order chi connectivity index (χ1) is 7.19. The Morgan fingerprint density at radius 3 is 2.53 bits per heavy atom. The Balaban J connectivity index is 1.85. The van der Waals surface area contributed by atoms with Crippen molar-refractivity contribution < 1.29 is 9.53 Å². The first-order valence-electron chi connectivity index (χ1n) is 6.07. The van der Waals surface area contributed by atoms with Gasteiger partial charge in [0.1, 0.15) is 5.78 Å². The SMILES string of the molecule is CC1(N2C3CCC2CC(=O)C3)CCOC1. The molecule has 0 N–H and O–H groups in total. The number of nitrogens with zero attached hydrogens (tertiary/aromatic N) is 1. The number of Topliss-reactive ketones (excluding diaryl/α,β-unsaturated/α-hetero) is 1. The molecule has 0 spiro atoms. The second kappa shape index (κ2) is 3.29. The standard InChI is InChI=1S/C12H19NO2/c1-12(4-5-15-8-12)13-9-2-3-10(13)7-11(14)6-9/h9-10H,2-8H2,1H3. The summed E-state index contributed by atoms with van der Waals surface area (Å²) in [6, 6.07) is 1.03. The monoisotopic (exact) mass is 209 g/mol. The third kappa shape index (κ3) is 1.44. The summed E-state index contributed by atoms with van der Waals surface area (Å²) in [5.74, 6) is 0.473. The maximum Gasteiger partial charge on any atom is 0.136 e. The number of ketones is 1. The van der Waals surface area contributed by atoms with Crippen LogP contribution in [0.3, 0.4) is 0 Å². The van der Waals surface area contributed by atoms with Crippen molar-refractivity contribution in [1.82, 2.24) is 4.90 Å². The van der Waals surface area contributed by atoms with Crippen LogP contribution >= 0.6 is 0 Å². The lowest BCUT2D eigenvalue weighted by Crippen LogP contribution is -2.56. The van der Waals surface area contributed by atoms with E-state index in [1.165, 1.54) is 12.8 Å². The molecule has 3 aliphatic rings. The zero-order chi connectivity index (χ0) is 10.5. The topological polar surface area (TPSA) is 29.5 Å². The van der Waals surface area contributed by atoms with Gasteiger partial charge in [0.2, 0.25) is 0 Å². The van der Waals surface area contributed by atoms with Crippen molar-refractivity contribution in [3.8, 4) is 0 Å². The van der Waals surface area contributed by atoms with Crippen LogP contribution in [0.2, 0.25) is 0 Å². The normalized spacial score (nSPS) is 46.3. The number of fused-ring (bicyclic) bond motifs is 2. The van der Waals surface area contributed by atoms with Crippen LogP contribution in [0.4, 0.5) is 0 Å². The zero-order valence-corrected chi connectivity index (χ0v) is 9.37. The van der Waals surface area contributed by atoms with E-state index >= 15 is 0 Å². The number of rotatable bonds is 1. The van der Waals surface area contributed by atoms with Crippen LogP contribution in [0.5, 0.6) is 0 Å². The molecule has 0 aliphatic carbocycles. The van der Waals surface area contributed by atoms with Gasteiger partial charge < -0.3 is 4.74 Å². The third-order valence-corrected chi connectivity index (χ3v) is 4.37. The third-order valence-electron chi connectivity index (χ3n) is 4.37. The number of hydrogen-bond acceptors (Lipinski definition) is 3. The summed E-state index contributed by atoms with van der Waals surface area (Å²) in [6.45, 7) is 4.05. The fraction of sp³-hybridized carbons (Fsp3) is 0.917. The Morgan fingerprint density at radius 2 is 2.00 bits per heavy atom. The average Bonchev–Trinajstić information content (AvgIpc) is 2.71. The van der Waals surface area contributed by atoms with Crippen LogP contribution in [-0.2, 0) is 9.53 Å². The van der Waals surface area contributed by atoms with Crippen molar-refractivity contribution in [1.29, 1.82) is 0 Å².